The van der Waals surface area contributed by atoms with E-state index in [0.29, 0.717) is 12.3 Å². The highest BCUT2D eigenvalue weighted by Crippen LogP contribution is 2.39. The van der Waals surface area contributed by atoms with E-state index in [2.05, 4.69) is 15.9 Å². The Morgan fingerprint density at radius 3 is 2.71 bits per heavy atom. The van der Waals surface area contributed by atoms with Gasteiger partial charge in [0, 0.05) is 11.5 Å². The summed E-state index contributed by atoms with van der Waals surface area (Å²) in [7, 11) is 1.58. The maximum atomic E-state index is 9.69. The van der Waals surface area contributed by atoms with Gasteiger partial charge in [-0.05, 0) is 34.6 Å². The molecule has 3 nitrogen and oxygen atoms in total. The molecule has 0 aliphatic carbocycles. The lowest BCUT2D eigenvalue weighted by molar-refractivity contribution is 0.392. The molecule has 0 saturated heterocycles. The summed E-state index contributed by atoms with van der Waals surface area (Å²) in [6, 6.07) is 3.38. The van der Waals surface area contributed by atoms with Crippen LogP contribution in [0, 0.1) is 0 Å². The van der Waals surface area contributed by atoms with Crippen molar-refractivity contribution in [2.24, 2.45) is 5.73 Å². The van der Waals surface area contributed by atoms with Gasteiger partial charge in [-0.1, -0.05) is 6.92 Å². The van der Waals surface area contributed by atoms with Gasteiger partial charge in [0.15, 0.2) is 0 Å². The number of hydrogen-bond donors (Lipinski definition) is 2. The number of phenolic OH excluding ortho intramolecular Hbond substituents is 1. The summed E-state index contributed by atoms with van der Waals surface area (Å²) in [5, 5.41) is 9.69. The van der Waals surface area contributed by atoms with Gasteiger partial charge in [0.25, 0.3) is 0 Å². The van der Waals surface area contributed by atoms with Crippen LogP contribution in [0.1, 0.15) is 18.4 Å². The van der Waals surface area contributed by atoms with Gasteiger partial charge in [0.2, 0.25) is 0 Å². The Hall–Kier alpha value is -0.740. The first-order valence-electron chi connectivity index (χ1n) is 4.37. The fraction of sp³-hybridized carbons (Fsp3) is 0.400. The molecule has 78 valence electrons. The highest BCUT2D eigenvalue weighted by atomic mass is 79.9. The molecule has 14 heavy (non-hydrogen) atoms. The molecule has 0 saturated carbocycles. The van der Waals surface area contributed by atoms with Gasteiger partial charge in [-0.15, -0.1) is 0 Å². The second kappa shape index (κ2) is 4.66. The van der Waals surface area contributed by atoms with E-state index in [1.807, 2.05) is 6.92 Å². The molecule has 0 radical (unpaired) electrons. The quantitative estimate of drug-likeness (QED) is 0.876. The number of rotatable bonds is 3. The first kappa shape index (κ1) is 11.3. The van der Waals surface area contributed by atoms with Gasteiger partial charge in [-0.2, -0.15) is 0 Å². The van der Waals surface area contributed by atoms with Crippen LogP contribution in [-0.4, -0.2) is 18.8 Å². The van der Waals surface area contributed by atoms with E-state index in [1.165, 1.54) is 0 Å². The number of ether oxygens (including phenoxy) is 1. The molecule has 1 atom stereocenters. The van der Waals surface area contributed by atoms with E-state index in [0.717, 1.165) is 10.0 Å². The highest BCUT2D eigenvalue weighted by Gasteiger charge is 2.17. The number of phenols is 1. The largest absolute Gasteiger partial charge is 0.508 e. The van der Waals surface area contributed by atoms with Crippen molar-refractivity contribution in [2.45, 2.75) is 12.8 Å². The van der Waals surface area contributed by atoms with Gasteiger partial charge < -0.3 is 15.6 Å². The SMILES string of the molecule is COc1c(Br)ccc(O)c1C(C)CN. The lowest BCUT2D eigenvalue weighted by Gasteiger charge is -2.16. The molecule has 0 fully saturated rings. The molecule has 0 aliphatic rings. The number of hydrogen-bond acceptors (Lipinski definition) is 3. The zero-order valence-electron chi connectivity index (χ0n) is 8.25. The van der Waals surface area contributed by atoms with E-state index in [4.69, 9.17) is 10.5 Å². The molecular weight excluding hydrogens is 246 g/mol. The first-order valence-corrected chi connectivity index (χ1v) is 5.16. The number of halogens is 1. The first-order chi connectivity index (χ1) is 6.61. The lowest BCUT2D eigenvalue weighted by atomic mass is 9.99. The summed E-state index contributed by atoms with van der Waals surface area (Å²) >= 11 is 3.36. The Kier molecular flexibility index (Phi) is 3.77. The minimum absolute atomic E-state index is 0.0717. The zero-order valence-corrected chi connectivity index (χ0v) is 9.84. The fourth-order valence-electron chi connectivity index (χ4n) is 1.36. The molecule has 1 rings (SSSR count). The molecule has 0 bridgehead atoms. The smallest absolute Gasteiger partial charge is 0.140 e. The molecule has 4 heteroatoms. The van der Waals surface area contributed by atoms with Crippen molar-refractivity contribution in [1.29, 1.82) is 0 Å². The minimum atomic E-state index is 0.0717. The van der Waals surface area contributed by atoms with Gasteiger partial charge >= 0.3 is 0 Å². The van der Waals surface area contributed by atoms with Gasteiger partial charge in [0.1, 0.15) is 11.5 Å². The number of aromatic hydroxyl groups is 1. The molecular formula is C10H14BrNO2. The molecule has 1 aromatic rings. The van der Waals surface area contributed by atoms with Crippen LogP contribution in [-0.2, 0) is 0 Å². The monoisotopic (exact) mass is 259 g/mol. The van der Waals surface area contributed by atoms with Crippen LogP contribution in [0.4, 0.5) is 0 Å². The second-order valence-corrected chi connectivity index (χ2v) is 4.00. The summed E-state index contributed by atoms with van der Waals surface area (Å²) in [6.07, 6.45) is 0. The third-order valence-corrected chi connectivity index (χ3v) is 2.80. The van der Waals surface area contributed by atoms with Crippen LogP contribution in [0.2, 0.25) is 0 Å². The normalized spacial score (nSPS) is 12.6. The van der Waals surface area contributed by atoms with E-state index in [-0.39, 0.29) is 11.7 Å². The average molecular weight is 260 g/mol. The van der Waals surface area contributed by atoms with Gasteiger partial charge in [0.05, 0.1) is 11.6 Å². The number of nitrogens with two attached hydrogens (primary N) is 1. The summed E-state index contributed by atoms with van der Waals surface area (Å²) in [6.45, 7) is 2.42. The summed E-state index contributed by atoms with van der Waals surface area (Å²) in [5.41, 5.74) is 6.32. The molecule has 0 heterocycles. The van der Waals surface area contributed by atoms with Crippen molar-refractivity contribution in [3.05, 3.63) is 22.2 Å². The molecule has 3 N–H and O–H groups in total. The molecule has 0 spiro atoms. The second-order valence-electron chi connectivity index (χ2n) is 3.15. The van der Waals surface area contributed by atoms with E-state index in [1.54, 1.807) is 19.2 Å². The summed E-state index contributed by atoms with van der Waals surface area (Å²) in [4.78, 5) is 0. The maximum absolute atomic E-state index is 9.69. The topological polar surface area (TPSA) is 55.5 Å². The Balaban J connectivity index is 3.29. The minimum Gasteiger partial charge on any atom is -0.508 e. The van der Waals surface area contributed by atoms with E-state index in [9.17, 15) is 5.11 Å². The molecule has 0 aromatic heterocycles. The zero-order chi connectivity index (χ0) is 10.7. The van der Waals surface area contributed by atoms with Crippen molar-refractivity contribution in [2.75, 3.05) is 13.7 Å². The van der Waals surface area contributed by atoms with Crippen LogP contribution in [0.5, 0.6) is 11.5 Å². The van der Waals surface area contributed by atoms with Crippen LogP contribution in [0.25, 0.3) is 0 Å². The van der Waals surface area contributed by atoms with Gasteiger partial charge in [-0.3, -0.25) is 0 Å². The van der Waals surface area contributed by atoms with Gasteiger partial charge in [-0.25, -0.2) is 0 Å². The predicted octanol–water partition coefficient (Wildman–Crippen LogP) is 2.23. The molecule has 1 aromatic carbocycles. The predicted molar refractivity (Wildman–Crippen MR) is 59.8 cm³/mol. The third-order valence-electron chi connectivity index (χ3n) is 2.18. The summed E-state index contributed by atoms with van der Waals surface area (Å²) in [5.74, 6) is 0.952. The Morgan fingerprint density at radius 1 is 1.57 bits per heavy atom. The molecule has 1 unspecified atom stereocenters. The van der Waals surface area contributed by atoms with Crippen LogP contribution < -0.4 is 10.5 Å². The van der Waals surface area contributed by atoms with Crippen molar-refractivity contribution < 1.29 is 9.84 Å². The summed E-state index contributed by atoms with van der Waals surface area (Å²) < 4.78 is 6.04. The number of methoxy groups -OCH3 is 1. The van der Waals surface area contributed by atoms with Crippen molar-refractivity contribution in [3.63, 3.8) is 0 Å². The van der Waals surface area contributed by atoms with Crippen LogP contribution >= 0.6 is 15.9 Å². The third kappa shape index (κ3) is 2.01. The Morgan fingerprint density at radius 2 is 2.21 bits per heavy atom. The Bertz CT molecular complexity index is 328. The average Bonchev–Trinajstić information content (AvgIpc) is 2.19. The van der Waals surface area contributed by atoms with Crippen LogP contribution in [0.3, 0.4) is 0 Å². The Labute approximate surface area is 92.0 Å². The van der Waals surface area contributed by atoms with Crippen molar-refractivity contribution in [1.82, 2.24) is 0 Å². The fourth-order valence-corrected chi connectivity index (χ4v) is 1.87. The van der Waals surface area contributed by atoms with E-state index < -0.39 is 0 Å². The van der Waals surface area contributed by atoms with E-state index >= 15 is 0 Å². The molecule has 0 amide bonds. The van der Waals surface area contributed by atoms with Crippen molar-refractivity contribution >= 4 is 15.9 Å². The standard InChI is InChI=1S/C10H14BrNO2/c1-6(5-12)9-8(13)4-3-7(11)10(9)14-2/h3-4,6,13H,5,12H2,1-2H3. The lowest BCUT2D eigenvalue weighted by Crippen LogP contribution is -2.10. The van der Waals surface area contributed by atoms with Crippen molar-refractivity contribution in [3.8, 4) is 11.5 Å². The molecule has 0 aliphatic heterocycles. The highest BCUT2D eigenvalue weighted by molar-refractivity contribution is 9.10. The maximum Gasteiger partial charge on any atom is 0.140 e. The number of benzene rings is 1. The van der Waals surface area contributed by atoms with Crippen LogP contribution in [0.15, 0.2) is 16.6 Å².